The van der Waals surface area contributed by atoms with Gasteiger partial charge in [0.25, 0.3) is 0 Å². The molecule has 1 aromatic rings. The molecule has 0 spiro atoms. The Labute approximate surface area is 96.6 Å². The van der Waals surface area contributed by atoms with E-state index in [1.165, 1.54) is 0 Å². The average molecular weight is 221 g/mol. The highest BCUT2D eigenvalue weighted by Crippen LogP contribution is 2.27. The van der Waals surface area contributed by atoms with Crippen LogP contribution in [0.4, 0.5) is 5.69 Å². The van der Waals surface area contributed by atoms with E-state index in [4.69, 9.17) is 4.74 Å². The van der Waals surface area contributed by atoms with Crippen molar-refractivity contribution >= 4 is 5.69 Å². The quantitative estimate of drug-likeness (QED) is 0.828. The number of aliphatic hydroxyl groups is 1. The summed E-state index contributed by atoms with van der Waals surface area (Å²) in [5.74, 6) is 0. The molecule has 1 heterocycles. The van der Waals surface area contributed by atoms with Crippen molar-refractivity contribution < 1.29 is 9.84 Å². The standard InChI is InChI=1S/C13H19NO2/c1-10-9-14(7-8-16-10)13-6-4-3-5-12(13)11(2)15/h3-6,10-11,15H,7-9H2,1-2H3/t10?,11-/m0/s1. The molecule has 1 aromatic carbocycles. The molecule has 2 atom stereocenters. The van der Waals surface area contributed by atoms with Crippen LogP contribution >= 0.6 is 0 Å². The Kier molecular flexibility index (Phi) is 3.46. The molecular weight excluding hydrogens is 202 g/mol. The monoisotopic (exact) mass is 221 g/mol. The lowest BCUT2D eigenvalue weighted by Gasteiger charge is -2.34. The predicted molar refractivity (Wildman–Crippen MR) is 64.7 cm³/mol. The van der Waals surface area contributed by atoms with E-state index in [1.54, 1.807) is 0 Å². The number of ether oxygens (including phenoxy) is 1. The number of para-hydroxylation sites is 1. The lowest BCUT2D eigenvalue weighted by Crippen LogP contribution is -2.41. The highest BCUT2D eigenvalue weighted by Gasteiger charge is 2.20. The molecule has 0 amide bonds. The topological polar surface area (TPSA) is 32.7 Å². The SMILES string of the molecule is CC1CN(c2ccccc2[C@H](C)O)CCO1. The Morgan fingerprint density at radius 3 is 2.88 bits per heavy atom. The molecule has 3 nitrogen and oxygen atoms in total. The highest BCUT2D eigenvalue weighted by atomic mass is 16.5. The van der Waals surface area contributed by atoms with Crippen molar-refractivity contribution in [1.29, 1.82) is 0 Å². The number of anilines is 1. The first kappa shape index (κ1) is 11.4. The summed E-state index contributed by atoms with van der Waals surface area (Å²) in [5.41, 5.74) is 2.13. The number of hydrogen-bond acceptors (Lipinski definition) is 3. The molecule has 1 unspecified atom stereocenters. The minimum atomic E-state index is -0.422. The summed E-state index contributed by atoms with van der Waals surface area (Å²) >= 11 is 0. The molecule has 16 heavy (non-hydrogen) atoms. The van der Waals surface area contributed by atoms with Crippen molar-refractivity contribution in [3.63, 3.8) is 0 Å². The Morgan fingerprint density at radius 1 is 1.44 bits per heavy atom. The van der Waals surface area contributed by atoms with Gasteiger partial charge in [0.05, 0.1) is 18.8 Å². The number of benzene rings is 1. The third-order valence-electron chi connectivity index (χ3n) is 2.97. The van der Waals surface area contributed by atoms with Gasteiger partial charge in [0.1, 0.15) is 0 Å². The van der Waals surface area contributed by atoms with Crippen LogP contribution in [-0.2, 0) is 4.74 Å². The molecule has 2 rings (SSSR count). The first-order valence-corrected chi connectivity index (χ1v) is 5.82. The van der Waals surface area contributed by atoms with E-state index in [9.17, 15) is 5.11 Å². The molecule has 1 N–H and O–H groups in total. The van der Waals surface area contributed by atoms with E-state index in [1.807, 2.05) is 25.1 Å². The molecule has 0 aromatic heterocycles. The second-order valence-electron chi connectivity index (χ2n) is 4.36. The van der Waals surface area contributed by atoms with Gasteiger partial charge in [-0.15, -0.1) is 0 Å². The van der Waals surface area contributed by atoms with Crippen LogP contribution in [0.3, 0.4) is 0 Å². The van der Waals surface area contributed by atoms with E-state index in [0.717, 1.165) is 30.9 Å². The van der Waals surface area contributed by atoms with Gasteiger partial charge in [0.15, 0.2) is 0 Å². The summed E-state index contributed by atoms with van der Waals surface area (Å²) < 4.78 is 5.53. The zero-order valence-corrected chi connectivity index (χ0v) is 9.89. The maximum absolute atomic E-state index is 9.74. The molecule has 0 radical (unpaired) electrons. The molecule has 1 aliphatic heterocycles. The maximum atomic E-state index is 9.74. The Bertz CT molecular complexity index is 352. The van der Waals surface area contributed by atoms with Crippen LogP contribution in [0.2, 0.25) is 0 Å². The predicted octanol–water partition coefficient (Wildman–Crippen LogP) is 1.96. The van der Waals surface area contributed by atoms with Gasteiger partial charge < -0.3 is 14.7 Å². The zero-order chi connectivity index (χ0) is 11.5. The van der Waals surface area contributed by atoms with Gasteiger partial charge in [0, 0.05) is 24.3 Å². The van der Waals surface area contributed by atoms with Crippen LogP contribution in [0, 0.1) is 0 Å². The summed E-state index contributed by atoms with van der Waals surface area (Å²) in [6.45, 7) is 6.44. The smallest absolute Gasteiger partial charge is 0.0781 e. The largest absolute Gasteiger partial charge is 0.389 e. The van der Waals surface area contributed by atoms with Gasteiger partial charge in [0.2, 0.25) is 0 Å². The molecule has 3 heteroatoms. The molecule has 0 aliphatic carbocycles. The van der Waals surface area contributed by atoms with E-state index in [2.05, 4.69) is 17.9 Å². The fraction of sp³-hybridized carbons (Fsp3) is 0.538. The van der Waals surface area contributed by atoms with E-state index in [0.29, 0.717) is 0 Å². The van der Waals surface area contributed by atoms with Crippen molar-refractivity contribution in [2.24, 2.45) is 0 Å². The summed E-state index contributed by atoms with van der Waals surface area (Å²) in [4.78, 5) is 2.29. The molecule has 88 valence electrons. The second-order valence-corrected chi connectivity index (χ2v) is 4.36. The van der Waals surface area contributed by atoms with Crippen LogP contribution < -0.4 is 4.90 Å². The van der Waals surface area contributed by atoms with E-state index in [-0.39, 0.29) is 6.10 Å². The van der Waals surface area contributed by atoms with Gasteiger partial charge >= 0.3 is 0 Å². The number of nitrogens with zero attached hydrogens (tertiary/aromatic N) is 1. The minimum absolute atomic E-state index is 0.260. The van der Waals surface area contributed by atoms with Gasteiger partial charge in [-0.3, -0.25) is 0 Å². The summed E-state index contributed by atoms with van der Waals surface area (Å²) in [6, 6.07) is 8.04. The highest BCUT2D eigenvalue weighted by molar-refractivity contribution is 5.54. The van der Waals surface area contributed by atoms with Crippen LogP contribution in [0.5, 0.6) is 0 Å². The van der Waals surface area contributed by atoms with Crippen molar-refractivity contribution in [1.82, 2.24) is 0 Å². The van der Waals surface area contributed by atoms with Crippen LogP contribution in [-0.4, -0.2) is 30.9 Å². The van der Waals surface area contributed by atoms with Crippen molar-refractivity contribution in [2.45, 2.75) is 26.1 Å². The van der Waals surface area contributed by atoms with E-state index >= 15 is 0 Å². The molecular formula is C13H19NO2. The fourth-order valence-corrected chi connectivity index (χ4v) is 2.17. The number of morpholine rings is 1. The van der Waals surface area contributed by atoms with Gasteiger partial charge in [-0.05, 0) is 19.9 Å². The number of rotatable bonds is 2. The normalized spacial score (nSPS) is 23.2. The number of hydrogen-bond donors (Lipinski definition) is 1. The van der Waals surface area contributed by atoms with Crippen LogP contribution in [0.25, 0.3) is 0 Å². The zero-order valence-electron chi connectivity index (χ0n) is 9.89. The lowest BCUT2D eigenvalue weighted by atomic mass is 10.1. The summed E-state index contributed by atoms with van der Waals surface area (Å²) in [5, 5.41) is 9.74. The fourth-order valence-electron chi connectivity index (χ4n) is 2.17. The second kappa shape index (κ2) is 4.85. The van der Waals surface area contributed by atoms with Crippen molar-refractivity contribution in [3.8, 4) is 0 Å². The number of aliphatic hydroxyl groups excluding tert-OH is 1. The molecule has 0 bridgehead atoms. The average Bonchev–Trinajstić information content (AvgIpc) is 2.29. The van der Waals surface area contributed by atoms with Gasteiger partial charge in [-0.2, -0.15) is 0 Å². The Morgan fingerprint density at radius 2 is 2.19 bits per heavy atom. The van der Waals surface area contributed by atoms with Gasteiger partial charge in [-0.1, -0.05) is 18.2 Å². The van der Waals surface area contributed by atoms with Crippen molar-refractivity contribution in [2.75, 3.05) is 24.6 Å². The first-order chi connectivity index (χ1) is 7.68. The Balaban J connectivity index is 2.25. The van der Waals surface area contributed by atoms with Crippen molar-refractivity contribution in [3.05, 3.63) is 29.8 Å². The third-order valence-corrected chi connectivity index (χ3v) is 2.97. The lowest BCUT2D eigenvalue weighted by molar-refractivity contribution is 0.0529. The van der Waals surface area contributed by atoms with Gasteiger partial charge in [-0.25, -0.2) is 0 Å². The molecule has 0 saturated carbocycles. The molecule has 1 fully saturated rings. The Hall–Kier alpha value is -1.06. The van der Waals surface area contributed by atoms with Crippen LogP contribution in [0.1, 0.15) is 25.5 Å². The minimum Gasteiger partial charge on any atom is -0.389 e. The molecule has 1 saturated heterocycles. The summed E-state index contributed by atoms with van der Waals surface area (Å²) in [7, 11) is 0. The summed E-state index contributed by atoms with van der Waals surface area (Å²) in [6.07, 6.45) is -0.162. The maximum Gasteiger partial charge on any atom is 0.0781 e. The third kappa shape index (κ3) is 2.36. The van der Waals surface area contributed by atoms with Crippen LogP contribution in [0.15, 0.2) is 24.3 Å². The van der Waals surface area contributed by atoms with E-state index < -0.39 is 6.10 Å². The molecule has 1 aliphatic rings. The first-order valence-electron chi connectivity index (χ1n) is 5.82.